The first-order valence-corrected chi connectivity index (χ1v) is 7.20. The van der Waals surface area contributed by atoms with Crippen LogP contribution >= 0.6 is 23.1 Å². The molecule has 0 spiro atoms. The summed E-state index contributed by atoms with van der Waals surface area (Å²) >= 11 is 6.90. The van der Waals surface area contributed by atoms with Crippen LogP contribution < -0.4 is 0 Å². The van der Waals surface area contributed by atoms with E-state index in [9.17, 15) is 8.42 Å². The molecule has 0 aromatic carbocycles. The largest absolute Gasteiger partial charge is 0.265 e. The number of hydrogen-bond donors (Lipinski definition) is 0. The highest BCUT2D eigenvalue weighted by Crippen LogP contribution is 2.18. The van der Waals surface area contributed by atoms with Crippen molar-refractivity contribution >= 4 is 33.0 Å². The number of rotatable bonds is 3. The third kappa shape index (κ3) is 2.39. The maximum absolute atomic E-state index is 11.2. The van der Waals surface area contributed by atoms with Gasteiger partial charge in [-0.2, -0.15) is 5.10 Å². The molecule has 0 unspecified atom stereocenters. The Balaban J connectivity index is 2.25. The molecule has 0 radical (unpaired) electrons. The van der Waals surface area contributed by atoms with Crippen molar-refractivity contribution in [2.75, 3.05) is 6.26 Å². The lowest BCUT2D eigenvalue weighted by Gasteiger charge is -1.96. The van der Waals surface area contributed by atoms with Crippen LogP contribution in [0.2, 0.25) is 4.34 Å². The third-order valence-corrected chi connectivity index (χ3v) is 3.91. The summed E-state index contributed by atoms with van der Waals surface area (Å²) < 4.78 is 28.0. The lowest BCUT2D eigenvalue weighted by atomic mass is 10.5. The zero-order valence-electron chi connectivity index (χ0n) is 8.16. The molecule has 0 N–H and O–H groups in total. The van der Waals surface area contributed by atoms with Gasteiger partial charge in [0.25, 0.3) is 0 Å². The average molecular weight is 279 g/mol. The number of halogens is 1. The molecule has 0 amide bonds. The molecular weight excluding hydrogens is 272 g/mol. The number of aromatic nitrogens is 4. The highest BCUT2D eigenvalue weighted by Gasteiger charge is 2.12. The van der Waals surface area contributed by atoms with Crippen LogP contribution in [0, 0.1) is 0 Å². The maximum atomic E-state index is 11.2. The Hall–Kier alpha value is -0.990. The zero-order valence-corrected chi connectivity index (χ0v) is 10.6. The van der Waals surface area contributed by atoms with Crippen molar-refractivity contribution in [2.24, 2.45) is 0 Å². The summed E-state index contributed by atoms with van der Waals surface area (Å²) in [5, 5.41) is 7.72. The molecule has 0 saturated carbocycles. The van der Waals surface area contributed by atoms with Crippen molar-refractivity contribution in [3.05, 3.63) is 22.4 Å². The van der Waals surface area contributed by atoms with Crippen molar-refractivity contribution < 1.29 is 8.42 Å². The third-order valence-electron chi connectivity index (χ3n) is 1.86. The minimum absolute atomic E-state index is 0.173. The van der Waals surface area contributed by atoms with Crippen LogP contribution in [0.3, 0.4) is 0 Å². The van der Waals surface area contributed by atoms with E-state index < -0.39 is 9.84 Å². The summed E-state index contributed by atoms with van der Waals surface area (Å²) in [6, 6.07) is 0. The monoisotopic (exact) mass is 278 g/mol. The average Bonchev–Trinajstić information content (AvgIpc) is 2.76. The van der Waals surface area contributed by atoms with Gasteiger partial charge >= 0.3 is 0 Å². The standard InChI is InChI=1S/C7H7ClN4O2S2/c1-16(13,14)5-2-9-12(3-5)4-6-7(8)15-11-10-6/h2-3H,4H2,1H3. The predicted octanol–water partition coefficient (Wildman–Crippen LogP) is 0.840. The van der Waals surface area contributed by atoms with Crippen molar-refractivity contribution in [3.8, 4) is 0 Å². The van der Waals surface area contributed by atoms with Gasteiger partial charge in [0.1, 0.15) is 14.9 Å². The number of nitrogens with zero attached hydrogens (tertiary/aromatic N) is 4. The van der Waals surface area contributed by atoms with Crippen LogP contribution in [-0.2, 0) is 16.4 Å². The van der Waals surface area contributed by atoms with E-state index in [2.05, 4.69) is 14.7 Å². The Kier molecular flexibility index (Phi) is 2.96. The molecule has 2 aromatic heterocycles. The van der Waals surface area contributed by atoms with Crippen LogP contribution in [0.5, 0.6) is 0 Å². The summed E-state index contributed by atoms with van der Waals surface area (Å²) in [5.74, 6) is 0. The van der Waals surface area contributed by atoms with Gasteiger partial charge in [0.05, 0.1) is 12.7 Å². The van der Waals surface area contributed by atoms with Gasteiger partial charge in [0.2, 0.25) is 0 Å². The van der Waals surface area contributed by atoms with E-state index >= 15 is 0 Å². The van der Waals surface area contributed by atoms with Crippen molar-refractivity contribution in [3.63, 3.8) is 0 Å². The van der Waals surface area contributed by atoms with Gasteiger partial charge in [-0.1, -0.05) is 16.1 Å². The van der Waals surface area contributed by atoms with Gasteiger partial charge in [-0.05, 0) is 0 Å². The second-order valence-electron chi connectivity index (χ2n) is 3.14. The lowest BCUT2D eigenvalue weighted by Crippen LogP contribution is -2.01. The van der Waals surface area contributed by atoms with Crippen molar-refractivity contribution in [1.29, 1.82) is 0 Å². The lowest BCUT2D eigenvalue weighted by molar-refractivity contribution is 0.601. The van der Waals surface area contributed by atoms with E-state index in [0.29, 0.717) is 16.6 Å². The Bertz CT molecular complexity index is 603. The maximum Gasteiger partial charge on any atom is 0.178 e. The van der Waals surface area contributed by atoms with E-state index in [4.69, 9.17) is 11.6 Å². The van der Waals surface area contributed by atoms with Gasteiger partial charge in [-0.25, -0.2) is 8.42 Å². The Morgan fingerprint density at radius 3 is 2.81 bits per heavy atom. The molecule has 2 heterocycles. The SMILES string of the molecule is CS(=O)(=O)c1cnn(Cc2nnsc2Cl)c1. The minimum atomic E-state index is -3.22. The van der Waals surface area contributed by atoms with E-state index in [1.807, 2.05) is 0 Å². The van der Waals surface area contributed by atoms with E-state index in [1.165, 1.54) is 17.1 Å². The van der Waals surface area contributed by atoms with Gasteiger partial charge in [-0.3, -0.25) is 4.68 Å². The molecule has 0 aliphatic rings. The molecule has 6 nitrogen and oxygen atoms in total. The van der Waals surface area contributed by atoms with Crippen LogP contribution in [0.1, 0.15) is 5.69 Å². The van der Waals surface area contributed by atoms with Crippen LogP contribution in [0.15, 0.2) is 17.3 Å². The van der Waals surface area contributed by atoms with E-state index in [-0.39, 0.29) is 4.90 Å². The number of hydrogen-bond acceptors (Lipinski definition) is 6. The molecule has 0 fully saturated rings. The van der Waals surface area contributed by atoms with Crippen molar-refractivity contribution in [1.82, 2.24) is 19.4 Å². The first-order chi connectivity index (χ1) is 7.47. The molecule has 86 valence electrons. The molecule has 16 heavy (non-hydrogen) atoms. The molecule has 0 saturated heterocycles. The molecule has 0 bridgehead atoms. The van der Waals surface area contributed by atoms with Crippen LogP contribution in [0.25, 0.3) is 0 Å². The quantitative estimate of drug-likeness (QED) is 0.831. The van der Waals surface area contributed by atoms with Crippen LogP contribution in [-0.4, -0.2) is 34.0 Å². The fraction of sp³-hybridized carbons (Fsp3) is 0.286. The molecule has 0 aliphatic heterocycles. The Labute approximate surface area is 101 Å². The number of sulfone groups is 1. The second-order valence-corrected chi connectivity index (χ2v) is 6.51. The Morgan fingerprint density at radius 2 is 2.31 bits per heavy atom. The molecule has 2 rings (SSSR count). The summed E-state index contributed by atoms with van der Waals surface area (Å²) in [5.41, 5.74) is 0.579. The smallest absolute Gasteiger partial charge is 0.178 e. The van der Waals surface area contributed by atoms with E-state index in [0.717, 1.165) is 17.8 Å². The summed E-state index contributed by atoms with van der Waals surface area (Å²) in [6.45, 7) is 0.310. The second kappa shape index (κ2) is 4.11. The molecule has 2 aromatic rings. The van der Waals surface area contributed by atoms with Gasteiger partial charge in [-0.15, -0.1) is 5.10 Å². The van der Waals surface area contributed by atoms with E-state index in [1.54, 1.807) is 0 Å². The molecular formula is C7H7ClN4O2S2. The Morgan fingerprint density at radius 1 is 1.56 bits per heavy atom. The normalized spacial score (nSPS) is 11.9. The van der Waals surface area contributed by atoms with Gasteiger partial charge in [0.15, 0.2) is 9.84 Å². The predicted molar refractivity (Wildman–Crippen MR) is 59.4 cm³/mol. The summed E-state index contributed by atoms with van der Waals surface area (Å²) in [4.78, 5) is 0.173. The zero-order chi connectivity index (χ0) is 11.8. The first-order valence-electron chi connectivity index (χ1n) is 4.16. The summed E-state index contributed by atoms with van der Waals surface area (Å²) in [6.07, 6.45) is 3.86. The highest BCUT2D eigenvalue weighted by atomic mass is 35.5. The fourth-order valence-corrected chi connectivity index (χ4v) is 2.23. The van der Waals surface area contributed by atoms with Gasteiger partial charge < -0.3 is 0 Å². The topological polar surface area (TPSA) is 77.7 Å². The van der Waals surface area contributed by atoms with Crippen LogP contribution in [0.4, 0.5) is 0 Å². The molecule has 0 atom stereocenters. The molecule has 9 heteroatoms. The first kappa shape index (κ1) is 11.5. The molecule has 0 aliphatic carbocycles. The van der Waals surface area contributed by atoms with Crippen molar-refractivity contribution in [2.45, 2.75) is 11.4 Å². The highest BCUT2D eigenvalue weighted by molar-refractivity contribution is 7.90. The van der Waals surface area contributed by atoms with Gasteiger partial charge in [0, 0.05) is 24.0 Å². The summed E-state index contributed by atoms with van der Waals surface area (Å²) in [7, 11) is -3.22. The minimum Gasteiger partial charge on any atom is -0.265 e. The fourth-order valence-electron chi connectivity index (χ4n) is 1.07.